The third-order valence-electron chi connectivity index (χ3n) is 4.08. The van der Waals surface area contributed by atoms with Crippen molar-refractivity contribution in [3.63, 3.8) is 0 Å². The second-order valence-electron chi connectivity index (χ2n) is 5.51. The molecule has 2 heterocycles. The van der Waals surface area contributed by atoms with Crippen LogP contribution in [0.5, 0.6) is 0 Å². The minimum absolute atomic E-state index is 0.0557. The molecule has 5 nitrogen and oxygen atoms in total. The normalized spacial score (nSPS) is 17.7. The van der Waals surface area contributed by atoms with E-state index in [9.17, 15) is 4.79 Å². The van der Waals surface area contributed by atoms with Gasteiger partial charge in [-0.05, 0) is 31.4 Å². The lowest BCUT2D eigenvalue weighted by atomic mass is 9.89. The minimum Gasteiger partial charge on any atom is -0.385 e. The molecule has 1 aliphatic carbocycles. The Morgan fingerprint density at radius 3 is 3.29 bits per heavy atom. The molecule has 2 aromatic rings. The van der Waals surface area contributed by atoms with Crippen LogP contribution in [-0.4, -0.2) is 35.6 Å². The number of carbonyl (C=O) groups excluding carboxylic acids is 1. The van der Waals surface area contributed by atoms with Crippen LogP contribution in [0.4, 0.5) is 0 Å². The van der Waals surface area contributed by atoms with Gasteiger partial charge in [-0.15, -0.1) is 0 Å². The van der Waals surface area contributed by atoms with Gasteiger partial charge in [-0.25, -0.2) is 4.98 Å². The molecule has 0 saturated carbocycles. The summed E-state index contributed by atoms with van der Waals surface area (Å²) in [6.45, 7) is 1.37. The number of nitrogens with zero attached hydrogens (tertiary/aromatic N) is 2. The largest absolute Gasteiger partial charge is 0.385 e. The van der Waals surface area contributed by atoms with Crippen LogP contribution in [0, 0.1) is 5.92 Å². The van der Waals surface area contributed by atoms with Crippen molar-refractivity contribution in [1.29, 1.82) is 0 Å². The van der Waals surface area contributed by atoms with Gasteiger partial charge in [0.05, 0.1) is 5.69 Å². The first-order valence-electron chi connectivity index (χ1n) is 7.51. The number of imidazole rings is 1. The quantitative estimate of drug-likeness (QED) is 0.850. The molecule has 0 radical (unpaired) electrons. The van der Waals surface area contributed by atoms with Gasteiger partial charge in [0.15, 0.2) is 0 Å². The summed E-state index contributed by atoms with van der Waals surface area (Å²) in [6, 6.07) is 6.01. The molecule has 0 aliphatic heterocycles. The molecular formula is C16H21N3O2. The number of aryl methyl sites for hydroxylation is 1. The van der Waals surface area contributed by atoms with Gasteiger partial charge in [0.2, 0.25) is 5.91 Å². The molecule has 5 heteroatoms. The number of carbonyl (C=O) groups is 1. The highest BCUT2D eigenvalue weighted by atomic mass is 16.5. The molecule has 112 valence electrons. The lowest BCUT2D eigenvalue weighted by molar-refractivity contribution is -0.125. The Morgan fingerprint density at radius 1 is 1.52 bits per heavy atom. The van der Waals surface area contributed by atoms with Gasteiger partial charge in [-0.2, -0.15) is 0 Å². The molecule has 0 bridgehead atoms. The SMILES string of the molecule is COCCCNC(=O)C1CCc2nc3ccccn3c2C1. The van der Waals surface area contributed by atoms with Crippen LogP contribution < -0.4 is 5.32 Å². The fourth-order valence-corrected chi connectivity index (χ4v) is 2.95. The second-order valence-corrected chi connectivity index (χ2v) is 5.51. The molecule has 21 heavy (non-hydrogen) atoms. The third-order valence-corrected chi connectivity index (χ3v) is 4.08. The maximum Gasteiger partial charge on any atom is 0.223 e. The number of ether oxygens (including phenoxy) is 1. The molecule has 3 rings (SSSR count). The van der Waals surface area contributed by atoms with Crippen molar-refractivity contribution in [3.05, 3.63) is 35.8 Å². The number of pyridine rings is 1. The summed E-state index contributed by atoms with van der Waals surface area (Å²) in [5.74, 6) is 0.211. The van der Waals surface area contributed by atoms with Gasteiger partial charge in [-0.3, -0.25) is 4.79 Å². The highest BCUT2D eigenvalue weighted by molar-refractivity contribution is 5.79. The fraction of sp³-hybridized carbons (Fsp3) is 0.500. The molecule has 0 saturated heterocycles. The topological polar surface area (TPSA) is 55.6 Å². The number of amides is 1. The number of nitrogens with one attached hydrogen (secondary N) is 1. The molecule has 2 aromatic heterocycles. The zero-order chi connectivity index (χ0) is 14.7. The van der Waals surface area contributed by atoms with Crippen molar-refractivity contribution in [1.82, 2.24) is 14.7 Å². The van der Waals surface area contributed by atoms with Crippen molar-refractivity contribution < 1.29 is 9.53 Å². The highest BCUT2D eigenvalue weighted by Gasteiger charge is 2.27. The van der Waals surface area contributed by atoms with Gasteiger partial charge < -0.3 is 14.5 Å². The van der Waals surface area contributed by atoms with Gasteiger partial charge >= 0.3 is 0 Å². The molecule has 1 atom stereocenters. The van der Waals surface area contributed by atoms with Crippen LogP contribution in [0.3, 0.4) is 0 Å². The van der Waals surface area contributed by atoms with E-state index in [1.807, 2.05) is 24.4 Å². The predicted molar refractivity (Wildman–Crippen MR) is 80.2 cm³/mol. The zero-order valence-electron chi connectivity index (χ0n) is 12.3. The minimum atomic E-state index is 0.0557. The van der Waals surface area contributed by atoms with Gasteiger partial charge in [0, 0.05) is 44.5 Å². The average molecular weight is 287 g/mol. The van der Waals surface area contributed by atoms with Crippen LogP contribution >= 0.6 is 0 Å². The fourth-order valence-electron chi connectivity index (χ4n) is 2.95. The number of rotatable bonds is 5. The van der Waals surface area contributed by atoms with E-state index in [0.29, 0.717) is 13.2 Å². The second kappa shape index (κ2) is 6.26. The summed E-state index contributed by atoms with van der Waals surface area (Å²) < 4.78 is 7.10. The van der Waals surface area contributed by atoms with Crippen molar-refractivity contribution in [2.45, 2.75) is 25.7 Å². The summed E-state index contributed by atoms with van der Waals surface area (Å²) in [5, 5.41) is 3.01. The molecular weight excluding hydrogens is 266 g/mol. The smallest absolute Gasteiger partial charge is 0.223 e. The van der Waals surface area contributed by atoms with Crippen molar-refractivity contribution in [2.24, 2.45) is 5.92 Å². The van der Waals surface area contributed by atoms with E-state index < -0.39 is 0 Å². The average Bonchev–Trinajstić information content (AvgIpc) is 2.89. The Labute approximate surface area is 124 Å². The molecule has 0 aromatic carbocycles. The van der Waals surface area contributed by atoms with Crippen LogP contribution in [-0.2, 0) is 22.4 Å². The lowest BCUT2D eigenvalue weighted by Gasteiger charge is -2.21. The van der Waals surface area contributed by atoms with Crippen molar-refractivity contribution >= 4 is 11.6 Å². The Bertz CT molecular complexity index is 635. The zero-order valence-corrected chi connectivity index (χ0v) is 12.3. The summed E-state index contributed by atoms with van der Waals surface area (Å²) in [7, 11) is 1.68. The first-order valence-corrected chi connectivity index (χ1v) is 7.51. The molecule has 1 N–H and O–H groups in total. The van der Waals surface area contributed by atoms with E-state index in [2.05, 4.69) is 14.7 Å². The summed E-state index contributed by atoms with van der Waals surface area (Å²) in [5.41, 5.74) is 3.31. The summed E-state index contributed by atoms with van der Waals surface area (Å²) >= 11 is 0. The number of aromatic nitrogens is 2. The van der Waals surface area contributed by atoms with Gasteiger partial charge in [0.25, 0.3) is 0 Å². The van der Waals surface area contributed by atoms with E-state index in [1.54, 1.807) is 7.11 Å². The maximum absolute atomic E-state index is 12.2. The number of hydrogen-bond donors (Lipinski definition) is 1. The predicted octanol–water partition coefficient (Wildman–Crippen LogP) is 1.59. The first-order chi connectivity index (χ1) is 10.3. The van der Waals surface area contributed by atoms with E-state index >= 15 is 0 Å². The van der Waals surface area contributed by atoms with Crippen molar-refractivity contribution in [2.75, 3.05) is 20.3 Å². The lowest BCUT2D eigenvalue weighted by Crippen LogP contribution is -2.35. The van der Waals surface area contributed by atoms with E-state index in [1.165, 1.54) is 5.69 Å². The van der Waals surface area contributed by atoms with Crippen molar-refractivity contribution in [3.8, 4) is 0 Å². The Hall–Kier alpha value is -1.88. The molecule has 1 unspecified atom stereocenters. The molecule has 1 aliphatic rings. The highest BCUT2D eigenvalue weighted by Crippen LogP contribution is 2.26. The Morgan fingerprint density at radius 2 is 2.43 bits per heavy atom. The molecule has 0 fully saturated rings. The molecule has 1 amide bonds. The van der Waals surface area contributed by atoms with E-state index in [0.717, 1.165) is 37.0 Å². The number of methoxy groups -OCH3 is 1. The van der Waals surface area contributed by atoms with Crippen LogP contribution in [0.25, 0.3) is 5.65 Å². The first kappa shape index (κ1) is 14.1. The summed E-state index contributed by atoms with van der Waals surface area (Å²) in [4.78, 5) is 16.9. The third kappa shape index (κ3) is 2.93. The van der Waals surface area contributed by atoms with Gasteiger partial charge in [-0.1, -0.05) is 6.07 Å². The summed E-state index contributed by atoms with van der Waals surface area (Å²) in [6.07, 6.45) is 5.42. The van der Waals surface area contributed by atoms with E-state index in [-0.39, 0.29) is 11.8 Å². The monoisotopic (exact) mass is 287 g/mol. The van der Waals surface area contributed by atoms with Crippen LogP contribution in [0.2, 0.25) is 0 Å². The van der Waals surface area contributed by atoms with Gasteiger partial charge in [0.1, 0.15) is 5.65 Å². The van der Waals surface area contributed by atoms with Crippen LogP contribution in [0.15, 0.2) is 24.4 Å². The number of hydrogen-bond acceptors (Lipinski definition) is 3. The maximum atomic E-state index is 12.2. The Kier molecular flexibility index (Phi) is 4.20. The standard InChI is InChI=1S/C16H21N3O2/c1-21-10-4-8-17-16(20)12-6-7-13-14(11-12)19-9-3-2-5-15(19)18-13/h2-3,5,9,12H,4,6-8,10-11H2,1H3,(H,17,20). The van der Waals surface area contributed by atoms with Crippen LogP contribution in [0.1, 0.15) is 24.2 Å². The molecule has 0 spiro atoms. The number of fused-ring (bicyclic) bond motifs is 3. The Balaban J connectivity index is 1.67. The van der Waals surface area contributed by atoms with E-state index in [4.69, 9.17) is 4.74 Å².